The van der Waals surface area contributed by atoms with Crippen LogP contribution in [0, 0.1) is 6.92 Å². The predicted octanol–water partition coefficient (Wildman–Crippen LogP) is 2.19. The maximum atomic E-state index is 11.8. The monoisotopic (exact) mass is 257 g/mol. The van der Waals surface area contributed by atoms with Crippen LogP contribution in [-0.4, -0.2) is 32.0 Å². The van der Waals surface area contributed by atoms with Gasteiger partial charge in [-0.05, 0) is 37.8 Å². The Kier molecular flexibility index (Phi) is 6.18. The van der Waals surface area contributed by atoms with Gasteiger partial charge < -0.3 is 14.8 Å². The molecule has 0 unspecified atom stereocenters. The fourth-order valence-corrected chi connectivity index (χ4v) is 2.17. The predicted molar refractivity (Wildman–Crippen MR) is 68.4 cm³/mol. The molecule has 96 valence electrons. The van der Waals surface area contributed by atoms with Crippen molar-refractivity contribution in [1.29, 1.82) is 0 Å². The first-order valence-electron chi connectivity index (χ1n) is 5.73. The van der Waals surface area contributed by atoms with E-state index in [-0.39, 0.29) is 12.2 Å². The lowest BCUT2D eigenvalue weighted by molar-refractivity contribution is -0.131. The van der Waals surface area contributed by atoms with Crippen molar-refractivity contribution in [3.05, 3.63) is 21.9 Å². The van der Waals surface area contributed by atoms with Crippen molar-refractivity contribution in [1.82, 2.24) is 5.32 Å². The molecule has 4 nitrogen and oxygen atoms in total. The third-order valence-electron chi connectivity index (χ3n) is 2.09. The lowest BCUT2D eigenvalue weighted by atomic mass is 10.3. The van der Waals surface area contributed by atoms with Gasteiger partial charge in [0.05, 0.1) is 11.4 Å². The molecule has 1 N–H and O–H groups in total. The summed E-state index contributed by atoms with van der Waals surface area (Å²) in [5.74, 6) is -0.0764. The van der Waals surface area contributed by atoms with Crippen LogP contribution < -0.4 is 5.32 Å². The molecular formula is C12H19NO3S. The van der Waals surface area contributed by atoms with Crippen LogP contribution in [0.25, 0.3) is 0 Å². The molecule has 0 saturated heterocycles. The summed E-state index contributed by atoms with van der Waals surface area (Å²) in [5, 5.41) is 4.76. The van der Waals surface area contributed by atoms with E-state index in [1.165, 1.54) is 11.3 Å². The molecule has 0 aliphatic heterocycles. The molecule has 0 aliphatic carbocycles. The Morgan fingerprint density at radius 3 is 2.53 bits per heavy atom. The molecule has 0 atom stereocenters. The van der Waals surface area contributed by atoms with Crippen molar-refractivity contribution < 1.29 is 14.3 Å². The Balaban J connectivity index is 2.40. The van der Waals surface area contributed by atoms with E-state index in [1.54, 1.807) is 0 Å². The van der Waals surface area contributed by atoms with Gasteiger partial charge in [-0.1, -0.05) is 0 Å². The Labute approximate surface area is 106 Å². The summed E-state index contributed by atoms with van der Waals surface area (Å²) >= 11 is 1.44. The summed E-state index contributed by atoms with van der Waals surface area (Å²) in [6, 6.07) is 1.87. The van der Waals surface area contributed by atoms with Crippen LogP contribution in [0.2, 0.25) is 0 Å². The first-order valence-corrected chi connectivity index (χ1v) is 6.61. The van der Waals surface area contributed by atoms with Crippen LogP contribution >= 0.6 is 11.3 Å². The maximum absolute atomic E-state index is 11.8. The Morgan fingerprint density at radius 2 is 2.06 bits per heavy atom. The first-order chi connectivity index (χ1) is 8.17. The third-order valence-corrected chi connectivity index (χ3v) is 3.14. The SMILES string of the molecule is CCOC(CNC(=O)c1cc(C)cs1)OCC. The van der Waals surface area contributed by atoms with Crippen LogP contribution in [0.15, 0.2) is 11.4 Å². The van der Waals surface area contributed by atoms with E-state index in [9.17, 15) is 4.79 Å². The minimum atomic E-state index is -0.366. The maximum Gasteiger partial charge on any atom is 0.261 e. The summed E-state index contributed by atoms with van der Waals surface area (Å²) in [5.41, 5.74) is 1.10. The second-order valence-corrected chi connectivity index (χ2v) is 4.45. The van der Waals surface area contributed by atoms with Gasteiger partial charge in [-0.3, -0.25) is 4.79 Å². The topological polar surface area (TPSA) is 47.6 Å². The molecule has 0 aliphatic rings. The fraction of sp³-hybridized carbons (Fsp3) is 0.583. The van der Waals surface area contributed by atoms with Crippen LogP contribution in [0.1, 0.15) is 29.1 Å². The summed E-state index contributed by atoms with van der Waals surface area (Å²) in [6.07, 6.45) is -0.366. The van der Waals surface area contributed by atoms with Gasteiger partial charge in [0.15, 0.2) is 6.29 Å². The highest BCUT2D eigenvalue weighted by molar-refractivity contribution is 7.12. The second-order valence-electron chi connectivity index (χ2n) is 3.54. The van der Waals surface area contributed by atoms with Gasteiger partial charge in [0, 0.05) is 13.2 Å². The van der Waals surface area contributed by atoms with E-state index in [1.807, 2.05) is 32.2 Å². The van der Waals surface area contributed by atoms with Gasteiger partial charge in [0.2, 0.25) is 0 Å². The number of ether oxygens (including phenoxy) is 2. The zero-order chi connectivity index (χ0) is 12.7. The molecule has 5 heteroatoms. The summed E-state index contributed by atoms with van der Waals surface area (Å²) in [7, 11) is 0. The Hall–Kier alpha value is -0.910. The van der Waals surface area contributed by atoms with Crippen molar-refractivity contribution in [2.45, 2.75) is 27.1 Å². The van der Waals surface area contributed by atoms with E-state index in [0.29, 0.717) is 24.6 Å². The number of rotatable bonds is 7. The summed E-state index contributed by atoms with van der Waals surface area (Å²) < 4.78 is 10.7. The lowest BCUT2D eigenvalue weighted by Crippen LogP contribution is -2.35. The quantitative estimate of drug-likeness (QED) is 0.762. The van der Waals surface area contributed by atoms with Crippen molar-refractivity contribution >= 4 is 17.2 Å². The van der Waals surface area contributed by atoms with Crippen molar-refractivity contribution in [3.8, 4) is 0 Å². The van der Waals surface area contributed by atoms with E-state index in [2.05, 4.69) is 5.32 Å². The Bertz CT molecular complexity index is 345. The van der Waals surface area contributed by atoms with E-state index >= 15 is 0 Å². The van der Waals surface area contributed by atoms with E-state index < -0.39 is 0 Å². The van der Waals surface area contributed by atoms with Gasteiger partial charge in [-0.15, -0.1) is 11.3 Å². The normalized spacial score (nSPS) is 10.8. The largest absolute Gasteiger partial charge is 0.351 e. The number of carbonyl (C=O) groups is 1. The Morgan fingerprint density at radius 1 is 1.41 bits per heavy atom. The number of hydrogen-bond acceptors (Lipinski definition) is 4. The molecule has 1 aromatic heterocycles. The van der Waals surface area contributed by atoms with Gasteiger partial charge >= 0.3 is 0 Å². The highest BCUT2D eigenvalue weighted by Crippen LogP contribution is 2.13. The molecule has 17 heavy (non-hydrogen) atoms. The molecular weight excluding hydrogens is 238 g/mol. The lowest BCUT2D eigenvalue weighted by Gasteiger charge is -2.17. The third kappa shape index (κ3) is 4.85. The number of carbonyl (C=O) groups excluding carboxylic acids is 1. The van der Waals surface area contributed by atoms with Gasteiger partial charge in [0.25, 0.3) is 5.91 Å². The number of thiophene rings is 1. The van der Waals surface area contributed by atoms with Crippen LogP contribution in [0.5, 0.6) is 0 Å². The van der Waals surface area contributed by atoms with E-state index in [4.69, 9.17) is 9.47 Å². The second kappa shape index (κ2) is 7.42. The number of amides is 1. The van der Waals surface area contributed by atoms with E-state index in [0.717, 1.165) is 5.56 Å². The average Bonchev–Trinajstić information content (AvgIpc) is 2.73. The average molecular weight is 257 g/mol. The molecule has 1 rings (SSSR count). The van der Waals surface area contributed by atoms with Crippen molar-refractivity contribution in [3.63, 3.8) is 0 Å². The molecule has 0 spiro atoms. The highest BCUT2D eigenvalue weighted by atomic mass is 32.1. The molecule has 0 radical (unpaired) electrons. The molecule has 0 aromatic carbocycles. The van der Waals surface area contributed by atoms with Gasteiger partial charge in [-0.25, -0.2) is 0 Å². The molecule has 0 fully saturated rings. The fourth-order valence-electron chi connectivity index (χ4n) is 1.35. The molecule has 1 heterocycles. The van der Waals surface area contributed by atoms with Crippen molar-refractivity contribution in [2.75, 3.05) is 19.8 Å². The minimum Gasteiger partial charge on any atom is -0.351 e. The zero-order valence-electron chi connectivity index (χ0n) is 10.5. The van der Waals surface area contributed by atoms with Crippen molar-refractivity contribution in [2.24, 2.45) is 0 Å². The molecule has 0 saturated carbocycles. The minimum absolute atomic E-state index is 0.0764. The molecule has 0 bridgehead atoms. The van der Waals surface area contributed by atoms with Crippen LogP contribution in [0.3, 0.4) is 0 Å². The first kappa shape index (κ1) is 14.2. The number of nitrogens with one attached hydrogen (secondary N) is 1. The highest BCUT2D eigenvalue weighted by Gasteiger charge is 2.12. The smallest absolute Gasteiger partial charge is 0.261 e. The summed E-state index contributed by atoms with van der Waals surface area (Å²) in [4.78, 5) is 12.5. The van der Waals surface area contributed by atoms with Gasteiger partial charge in [0.1, 0.15) is 0 Å². The molecule has 1 amide bonds. The van der Waals surface area contributed by atoms with Crippen LogP contribution in [0.4, 0.5) is 0 Å². The van der Waals surface area contributed by atoms with Gasteiger partial charge in [-0.2, -0.15) is 0 Å². The standard InChI is InChI=1S/C12H19NO3S/c1-4-15-11(16-5-2)7-13-12(14)10-6-9(3)8-17-10/h6,8,11H,4-5,7H2,1-3H3,(H,13,14). The number of hydrogen-bond donors (Lipinski definition) is 1. The molecule has 1 aromatic rings. The van der Waals surface area contributed by atoms with Crippen LogP contribution in [-0.2, 0) is 9.47 Å². The zero-order valence-corrected chi connectivity index (χ0v) is 11.3. The number of aryl methyl sites for hydroxylation is 1. The summed E-state index contributed by atoms with van der Waals surface area (Å²) in [6.45, 7) is 7.28.